The lowest BCUT2D eigenvalue weighted by atomic mass is 9.95. The molecule has 2 atom stereocenters. The zero-order valence-corrected chi connectivity index (χ0v) is 22.4. The maximum absolute atomic E-state index is 6.06. The Hall–Kier alpha value is -1.75. The summed E-state index contributed by atoms with van der Waals surface area (Å²) in [4.78, 5) is 13.6. The summed E-state index contributed by atoms with van der Waals surface area (Å²) in [5, 5.41) is 0. The van der Waals surface area contributed by atoms with Crippen LogP contribution >= 0.6 is 0 Å². The quantitative estimate of drug-likeness (QED) is 0.187. The molecule has 2 heterocycles. The Balaban J connectivity index is 1.74. The van der Waals surface area contributed by atoms with Crippen LogP contribution in [0.15, 0.2) is 30.7 Å². The lowest BCUT2D eigenvalue weighted by Crippen LogP contribution is -2.09. The molecular formula is C27H45N3OSi. The van der Waals surface area contributed by atoms with Crippen molar-refractivity contribution in [1.29, 1.82) is 0 Å². The Kier molecular flexibility index (Phi) is 13.2. The number of unbranched alkanes of at least 4 members (excludes halogenated alkanes) is 5. The molecule has 4 nitrogen and oxygen atoms in total. The van der Waals surface area contributed by atoms with Gasteiger partial charge < -0.3 is 4.43 Å². The number of aryl methyl sites for hydroxylation is 1. The highest BCUT2D eigenvalue weighted by molar-refractivity contribution is 6.28. The van der Waals surface area contributed by atoms with E-state index in [0.717, 1.165) is 29.6 Å². The van der Waals surface area contributed by atoms with Gasteiger partial charge in [-0.1, -0.05) is 91.5 Å². The topological polar surface area (TPSA) is 47.9 Å². The molecule has 2 unspecified atom stereocenters. The van der Waals surface area contributed by atoms with Gasteiger partial charge >= 0.3 is 0 Å². The van der Waals surface area contributed by atoms with E-state index in [-0.39, 0.29) is 0 Å². The number of aromatic nitrogens is 3. The van der Waals surface area contributed by atoms with Crippen molar-refractivity contribution in [3.8, 4) is 17.3 Å². The van der Waals surface area contributed by atoms with Crippen molar-refractivity contribution < 1.29 is 4.43 Å². The highest BCUT2D eigenvalue weighted by Gasteiger charge is 2.09. The highest BCUT2D eigenvalue weighted by Crippen LogP contribution is 2.21. The van der Waals surface area contributed by atoms with Crippen LogP contribution in [-0.2, 0) is 6.42 Å². The molecule has 2 aromatic rings. The van der Waals surface area contributed by atoms with Crippen LogP contribution in [0.4, 0.5) is 0 Å². The van der Waals surface area contributed by atoms with Gasteiger partial charge in [0.25, 0.3) is 0 Å². The minimum absolute atomic E-state index is 0.637. The van der Waals surface area contributed by atoms with E-state index in [1.165, 1.54) is 75.8 Å². The zero-order valence-electron chi connectivity index (χ0n) is 21.0. The number of hydrogen-bond acceptors (Lipinski definition) is 4. The first-order valence-corrected chi connectivity index (χ1v) is 14.6. The average Bonchev–Trinajstić information content (AvgIpc) is 2.82. The normalized spacial score (nSPS) is 13.5. The highest BCUT2D eigenvalue weighted by atomic mass is 28.2. The molecule has 0 aromatic carbocycles. The minimum Gasteiger partial charge on any atom is -0.535 e. The van der Waals surface area contributed by atoms with E-state index in [9.17, 15) is 0 Å². The average molecular weight is 456 g/mol. The summed E-state index contributed by atoms with van der Waals surface area (Å²) in [6.45, 7) is 9.29. The van der Waals surface area contributed by atoms with E-state index in [2.05, 4.69) is 54.8 Å². The van der Waals surface area contributed by atoms with Crippen LogP contribution in [-0.4, -0.2) is 24.7 Å². The second-order valence-corrected chi connectivity index (χ2v) is 10.8. The van der Waals surface area contributed by atoms with E-state index in [0.29, 0.717) is 5.88 Å². The fourth-order valence-electron chi connectivity index (χ4n) is 3.97. The number of rotatable bonds is 17. The second kappa shape index (κ2) is 16.0. The van der Waals surface area contributed by atoms with E-state index < -0.39 is 9.76 Å². The van der Waals surface area contributed by atoms with Gasteiger partial charge in [-0.2, -0.15) is 0 Å². The Morgan fingerprint density at radius 2 is 1.59 bits per heavy atom. The third-order valence-corrected chi connectivity index (χ3v) is 8.05. The number of hydrogen-bond donors (Lipinski definition) is 0. The summed E-state index contributed by atoms with van der Waals surface area (Å²) < 4.78 is 6.06. The summed E-state index contributed by atoms with van der Waals surface area (Å²) in [7, 11) is -0.637. The molecule has 0 aliphatic heterocycles. The largest absolute Gasteiger partial charge is 0.535 e. The van der Waals surface area contributed by atoms with Crippen LogP contribution in [0.3, 0.4) is 0 Å². The summed E-state index contributed by atoms with van der Waals surface area (Å²) >= 11 is 0. The Labute approximate surface area is 199 Å². The molecule has 5 heteroatoms. The smallest absolute Gasteiger partial charge is 0.221 e. The molecule has 0 bridgehead atoms. The zero-order chi connectivity index (χ0) is 23.0. The van der Waals surface area contributed by atoms with E-state index in [4.69, 9.17) is 4.43 Å². The van der Waals surface area contributed by atoms with E-state index >= 15 is 0 Å². The van der Waals surface area contributed by atoms with E-state index in [1.807, 2.05) is 6.20 Å². The van der Waals surface area contributed by atoms with Crippen LogP contribution in [0.5, 0.6) is 5.88 Å². The third kappa shape index (κ3) is 10.7. The Morgan fingerprint density at radius 3 is 2.34 bits per heavy atom. The minimum atomic E-state index is -0.637. The van der Waals surface area contributed by atoms with Gasteiger partial charge in [0.15, 0.2) is 0 Å². The fraction of sp³-hybridized carbons (Fsp3) is 0.667. The molecule has 0 radical (unpaired) electrons. The molecule has 0 fully saturated rings. The summed E-state index contributed by atoms with van der Waals surface area (Å²) in [6.07, 6.45) is 19.8. The first-order valence-electron chi connectivity index (χ1n) is 13.0. The van der Waals surface area contributed by atoms with Crippen molar-refractivity contribution in [2.24, 2.45) is 11.8 Å². The van der Waals surface area contributed by atoms with Crippen molar-refractivity contribution in [2.75, 3.05) is 0 Å². The van der Waals surface area contributed by atoms with Crippen LogP contribution < -0.4 is 4.43 Å². The maximum Gasteiger partial charge on any atom is 0.221 e. The Morgan fingerprint density at radius 1 is 0.812 bits per heavy atom. The van der Waals surface area contributed by atoms with Gasteiger partial charge in [0.2, 0.25) is 15.6 Å². The van der Waals surface area contributed by atoms with Crippen LogP contribution in [0.2, 0.25) is 6.04 Å². The van der Waals surface area contributed by atoms with Crippen molar-refractivity contribution in [2.45, 2.75) is 104 Å². The van der Waals surface area contributed by atoms with E-state index in [1.54, 1.807) is 12.4 Å². The van der Waals surface area contributed by atoms with Crippen molar-refractivity contribution >= 4 is 9.76 Å². The second-order valence-electron chi connectivity index (χ2n) is 9.53. The lowest BCUT2D eigenvalue weighted by molar-refractivity contribution is 0.412. The maximum atomic E-state index is 6.06. The third-order valence-electron chi connectivity index (χ3n) is 6.33. The Bertz CT molecular complexity index is 738. The van der Waals surface area contributed by atoms with Crippen LogP contribution in [0.25, 0.3) is 11.4 Å². The molecule has 178 valence electrons. The SMILES string of the molecule is CCCCCCCc1ccc(-c2cncc(O[SiH2]CC(C)CCC(C)CCCC)n2)nc1. The van der Waals surface area contributed by atoms with Crippen molar-refractivity contribution in [3.05, 3.63) is 36.3 Å². The molecule has 0 aliphatic rings. The van der Waals surface area contributed by atoms with Crippen LogP contribution in [0, 0.1) is 11.8 Å². The fourth-order valence-corrected chi connectivity index (χ4v) is 5.13. The van der Waals surface area contributed by atoms with Crippen molar-refractivity contribution in [3.63, 3.8) is 0 Å². The summed E-state index contributed by atoms with van der Waals surface area (Å²) in [6, 6.07) is 5.43. The molecule has 0 aliphatic carbocycles. The molecule has 2 aromatic heterocycles. The molecule has 0 amide bonds. The molecule has 0 saturated heterocycles. The lowest BCUT2D eigenvalue weighted by Gasteiger charge is -2.15. The predicted molar refractivity (Wildman–Crippen MR) is 139 cm³/mol. The molecule has 0 spiro atoms. The summed E-state index contributed by atoms with van der Waals surface area (Å²) in [5.74, 6) is 2.24. The van der Waals surface area contributed by atoms with Crippen LogP contribution in [0.1, 0.15) is 97.5 Å². The van der Waals surface area contributed by atoms with Gasteiger partial charge in [0.05, 0.1) is 18.1 Å². The van der Waals surface area contributed by atoms with Gasteiger partial charge in [0, 0.05) is 6.20 Å². The summed E-state index contributed by atoms with van der Waals surface area (Å²) in [5.41, 5.74) is 2.97. The number of nitrogens with zero attached hydrogens (tertiary/aromatic N) is 3. The van der Waals surface area contributed by atoms with Gasteiger partial charge in [-0.05, 0) is 42.4 Å². The standard InChI is InChI=1S/C27H45N3OSi/c1-5-7-9-10-11-13-24-16-17-25(29-18-24)26-19-28-20-27(30-26)31-32-21-23(4)15-14-22(3)12-8-6-2/h16-20,22-23H,5-15,21,32H2,1-4H3. The van der Waals surface area contributed by atoms with Gasteiger partial charge in [-0.15, -0.1) is 0 Å². The van der Waals surface area contributed by atoms with Crippen molar-refractivity contribution in [1.82, 2.24) is 15.0 Å². The molecular weight excluding hydrogens is 410 g/mol. The number of pyridine rings is 1. The molecule has 2 rings (SSSR count). The monoisotopic (exact) mass is 455 g/mol. The van der Waals surface area contributed by atoms with Gasteiger partial charge in [-0.3, -0.25) is 9.97 Å². The molecule has 0 N–H and O–H groups in total. The molecule has 0 saturated carbocycles. The predicted octanol–water partition coefficient (Wildman–Crippen LogP) is 7.18. The molecule has 32 heavy (non-hydrogen) atoms. The van der Waals surface area contributed by atoms with Gasteiger partial charge in [0.1, 0.15) is 5.69 Å². The van der Waals surface area contributed by atoms with Gasteiger partial charge in [-0.25, -0.2) is 4.98 Å². The first-order chi connectivity index (χ1) is 15.6. The first kappa shape index (κ1) is 26.5.